The van der Waals surface area contributed by atoms with Gasteiger partial charge >= 0.3 is 6.09 Å². The van der Waals surface area contributed by atoms with E-state index in [1.807, 2.05) is 0 Å². The predicted molar refractivity (Wildman–Crippen MR) is 86.8 cm³/mol. The van der Waals surface area contributed by atoms with Gasteiger partial charge in [0.2, 0.25) is 5.91 Å². The number of carbonyl (C=O) groups excluding carboxylic acids is 2. The van der Waals surface area contributed by atoms with Crippen molar-refractivity contribution in [3.8, 4) is 0 Å². The molecule has 0 aromatic carbocycles. The molecule has 0 aromatic heterocycles. The fourth-order valence-corrected chi connectivity index (χ4v) is 2.11. The first-order valence-electron chi connectivity index (χ1n) is 7.33. The molecule has 0 bridgehead atoms. The second-order valence-electron chi connectivity index (χ2n) is 6.11. The Morgan fingerprint density at radius 1 is 1.41 bits per heavy atom. The molecular weight excluding hydrogens is 282 g/mol. The number of carbonyl (C=O) groups is 2. The van der Waals surface area contributed by atoms with E-state index in [1.54, 1.807) is 46.2 Å². The molecule has 122 valence electrons. The van der Waals surface area contributed by atoms with Gasteiger partial charge in [-0.2, -0.15) is 0 Å². The average Bonchev–Trinajstić information content (AvgIpc) is 2.86. The Labute approximate surface area is 131 Å². The Bertz CT molecular complexity index is 489. The number of nitrogens with one attached hydrogen (secondary N) is 1. The summed E-state index contributed by atoms with van der Waals surface area (Å²) in [6, 6.07) is -0.514. The monoisotopic (exact) mass is 307 g/mol. The molecule has 1 N–H and O–H groups in total. The van der Waals surface area contributed by atoms with Gasteiger partial charge in [0.25, 0.3) is 0 Å². The lowest BCUT2D eigenvalue weighted by Crippen LogP contribution is -2.47. The van der Waals surface area contributed by atoms with E-state index in [0.29, 0.717) is 18.7 Å². The van der Waals surface area contributed by atoms with Gasteiger partial charge in [0, 0.05) is 25.5 Å². The van der Waals surface area contributed by atoms with Crippen LogP contribution < -0.4 is 5.32 Å². The smallest absolute Gasteiger partial charge is 0.410 e. The summed E-state index contributed by atoms with van der Waals surface area (Å²) >= 11 is 0. The second-order valence-corrected chi connectivity index (χ2v) is 6.11. The van der Waals surface area contributed by atoms with Crippen molar-refractivity contribution >= 4 is 18.2 Å². The largest absolute Gasteiger partial charge is 0.444 e. The lowest BCUT2D eigenvalue weighted by molar-refractivity contribution is -0.124. The third-order valence-electron chi connectivity index (χ3n) is 3.00. The van der Waals surface area contributed by atoms with Crippen molar-refractivity contribution in [2.45, 2.75) is 45.3 Å². The first kappa shape index (κ1) is 17.9. The SMILES string of the molecule is C=C(/C=C\C=NC)NC(=O)[C@@H]1CCCN1C(=O)OC(C)(C)C. The van der Waals surface area contributed by atoms with E-state index in [4.69, 9.17) is 4.74 Å². The second kappa shape index (κ2) is 7.77. The molecule has 1 heterocycles. The minimum atomic E-state index is -0.577. The molecule has 0 aliphatic carbocycles. The first-order chi connectivity index (χ1) is 10.2. The van der Waals surface area contributed by atoms with Crippen molar-refractivity contribution in [3.63, 3.8) is 0 Å². The number of hydrogen-bond acceptors (Lipinski definition) is 4. The van der Waals surface area contributed by atoms with Crippen molar-refractivity contribution in [1.82, 2.24) is 10.2 Å². The molecule has 6 nitrogen and oxygen atoms in total. The summed E-state index contributed by atoms with van der Waals surface area (Å²) in [5.41, 5.74) is -0.118. The third kappa shape index (κ3) is 5.71. The van der Waals surface area contributed by atoms with Gasteiger partial charge in [-0.3, -0.25) is 14.7 Å². The van der Waals surface area contributed by atoms with Crippen LogP contribution in [0.2, 0.25) is 0 Å². The quantitative estimate of drug-likeness (QED) is 0.640. The molecule has 0 unspecified atom stereocenters. The van der Waals surface area contributed by atoms with E-state index in [9.17, 15) is 9.59 Å². The summed E-state index contributed by atoms with van der Waals surface area (Å²) in [4.78, 5) is 29.7. The van der Waals surface area contributed by atoms with Gasteiger partial charge in [0.15, 0.2) is 0 Å². The number of hydrogen-bond donors (Lipinski definition) is 1. The maximum Gasteiger partial charge on any atom is 0.410 e. The summed E-state index contributed by atoms with van der Waals surface area (Å²) in [7, 11) is 1.66. The Kier molecular flexibility index (Phi) is 6.34. The van der Waals surface area contributed by atoms with Crippen LogP contribution >= 0.6 is 0 Å². The van der Waals surface area contributed by atoms with Crippen molar-refractivity contribution in [2.75, 3.05) is 13.6 Å². The van der Waals surface area contributed by atoms with Crippen molar-refractivity contribution < 1.29 is 14.3 Å². The van der Waals surface area contributed by atoms with Crippen molar-refractivity contribution in [1.29, 1.82) is 0 Å². The van der Waals surface area contributed by atoms with E-state index in [-0.39, 0.29) is 5.91 Å². The zero-order chi connectivity index (χ0) is 16.8. The van der Waals surface area contributed by atoms with E-state index in [1.165, 1.54) is 4.90 Å². The molecule has 1 atom stereocenters. The summed E-state index contributed by atoms with van der Waals surface area (Å²) in [5, 5.41) is 2.70. The Morgan fingerprint density at radius 3 is 2.68 bits per heavy atom. The molecule has 2 amide bonds. The Morgan fingerprint density at radius 2 is 2.09 bits per heavy atom. The molecule has 1 fully saturated rings. The van der Waals surface area contributed by atoms with Crippen LogP contribution in [0.25, 0.3) is 0 Å². The van der Waals surface area contributed by atoms with Crippen molar-refractivity contribution in [2.24, 2.45) is 4.99 Å². The third-order valence-corrected chi connectivity index (χ3v) is 3.00. The van der Waals surface area contributed by atoms with Crippen LogP contribution in [0.3, 0.4) is 0 Å². The molecule has 0 radical (unpaired) electrons. The molecule has 0 spiro atoms. The highest BCUT2D eigenvalue weighted by atomic mass is 16.6. The molecule has 0 aromatic rings. The number of likely N-dealkylation sites (tertiary alicyclic amines) is 1. The van der Waals surface area contributed by atoms with Gasteiger partial charge in [-0.25, -0.2) is 4.79 Å². The zero-order valence-corrected chi connectivity index (χ0v) is 13.8. The summed E-state index contributed by atoms with van der Waals surface area (Å²) < 4.78 is 5.34. The summed E-state index contributed by atoms with van der Waals surface area (Å²) in [6.45, 7) is 9.69. The van der Waals surface area contributed by atoms with E-state index < -0.39 is 17.7 Å². The van der Waals surface area contributed by atoms with Crippen LogP contribution in [0.5, 0.6) is 0 Å². The number of aliphatic imine (C=N–C) groups is 1. The van der Waals surface area contributed by atoms with Crippen LogP contribution in [0.1, 0.15) is 33.6 Å². The van der Waals surface area contributed by atoms with Gasteiger partial charge in [-0.05, 0) is 45.8 Å². The number of amides is 2. The van der Waals surface area contributed by atoms with Gasteiger partial charge in [0.05, 0.1) is 0 Å². The fourth-order valence-electron chi connectivity index (χ4n) is 2.11. The van der Waals surface area contributed by atoms with E-state index in [0.717, 1.165) is 6.42 Å². The van der Waals surface area contributed by atoms with E-state index >= 15 is 0 Å². The minimum Gasteiger partial charge on any atom is -0.444 e. The highest BCUT2D eigenvalue weighted by Gasteiger charge is 2.36. The van der Waals surface area contributed by atoms with Crippen LogP contribution in [0, 0.1) is 0 Å². The summed E-state index contributed by atoms with van der Waals surface area (Å²) in [6.07, 6.45) is 5.88. The van der Waals surface area contributed by atoms with Crippen LogP contribution in [-0.4, -0.2) is 48.4 Å². The first-order valence-corrected chi connectivity index (χ1v) is 7.33. The lowest BCUT2D eigenvalue weighted by atomic mass is 10.2. The highest BCUT2D eigenvalue weighted by Crippen LogP contribution is 2.21. The normalized spacial score (nSPS) is 18.9. The maximum atomic E-state index is 12.3. The Hall–Kier alpha value is -2.11. The number of rotatable bonds is 4. The molecule has 0 saturated carbocycles. The number of nitrogens with zero attached hydrogens (tertiary/aromatic N) is 2. The van der Waals surface area contributed by atoms with Gasteiger partial charge in [0.1, 0.15) is 11.6 Å². The highest BCUT2D eigenvalue weighted by molar-refractivity contribution is 5.87. The topological polar surface area (TPSA) is 71.0 Å². The average molecular weight is 307 g/mol. The number of ether oxygens (including phenoxy) is 1. The Balaban J connectivity index is 2.64. The predicted octanol–water partition coefficient (Wildman–Crippen LogP) is 2.27. The lowest BCUT2D eigenvalue weighted by Gasteiger charge is -2.28. The molecule has 1 rings (SSSR count). The van der Waals surface area contributed by atoms with Crippen LogP contribution in [0.4, 0.5) is 4.79 Å². The van der Waals surface area contributed by atoms with E-state index in [2.05, 4.69) is 16.9 Å². The fraction of sp³-hybridized carbons (Fsp3) is 0.562. The molecule has 22 heavy (non-hydrogen) atoms. The van der Waals surface area contributed by atoms with Crippen LogP contribution in [-0.2, 0) is 9.53 Å². The molecule has 1 aliphatic heterocycles. The van der Waals surface area contributed by atoms with Crippen LogP contribution in [0.15, 0.2) is 29.4 Å². The van der Waals surface area contributed by atoms with Gasteiger partial charge in [-0.15, -0.1) is 0 Å². The summed E-state index contributed by atoms with van der Waals surface area (Å²) in [5.74, 6) is -0.244. The van der Waals surface area contributed by atoms with Gasteiger partial charge < -0.3 is 10.1 Å². The van der Waals surface area contributed by atoms with Crippen molar-refractivity contribution in [3.05, 3.63) is 24.4 Å². The molecule has 1 saturated heterocycles. The molecular formula is C16H25N3O3. The molecule has 6 heteroatoms. The number of allylic oxidation sites excluding steroid dienone is 2. The standard InChI is InChI=1S/C16H25N3O3/c1-12(8-6-10-17-5)18-14(20)13-9-7-11-19(13)15(21)22-16(2,3)4/h6,8,10,13H,1,7,9,11H2,2-5H3,(H,18,20)/b8-6-,17-10?/t13-/m0/s1. The van der Waals surface area contributed by atoms with Gasteiger partial charge in [-0.1, -0.05) is 6.58 Å². The zero-order valence-electron chi connectivity index (χ0n) is 13.8. The minimum absolute atomic E-state index is 0.244. The maximum absolute atomic E-state index is 12.3. The molecule has 1 aliphatic rings.